The predicted molar refractivity (Wildman–Crippen MR) is 70.6 cm³/mol. The molecule has 2 rings (SSSR count). The Bertz CT molecular complexity index is 360. The van der Waals surface area contributed by atoms with Crippen LogP contribution in [0, 0.1) is 18.8 Å². The van der Waals surface area contributed by atoms with Crippen molar-refractivity contribution in [3.05, 3.63) is 23.8 Å². The van der Waals surface area contributed by atoms with Crippen molar-refractivity contribution in [2.75, 3.05) is 17.6 Å². The minimum Gasteiger partial charge on any atom is -0.398 e. The van der Waals surface area contributed by atoms with Gasteiger partial charge in [0.2, 0.25) is 0 Å². The Morgan fingerprint density at radius 1 is 1.38 bits per heavy atom. The third kappa shape index (κ3) is 2.31. The van der Waals surface area contributed by atoms with Crippen molar-refractivity contribution in [2.24, 2.45) is 11.8 Å². The van der Waals surface area contributed by atoms with Crippen LogP contribution in [0.25, 0.3) is 0 Å². The maximum atomic E-state index is 5.89. The van der Waals surface area contributed by atoms with Gasteiger partial charge in [-0.2, -0.15) is 0 Å². The molecule has 1 aromatic carbocycles. The van der Waals surface area contributed by atoms with Crippen LogP contribution in [0.15, 0.2) is 18.2 Å². The summed E-state index contributed by atoms with van der Waals surface area (Å²) in [5, 5.41) is 3.55. The maximum Gasteiger partial charge on any atom is 0.0390 e. The molecule has 2 heteroatoms. The molecule has 1 saturated carbocycles. The first kappa shape index (κ1) is 11.3. The third-order valence-electron chi connectivity index (χ3n) is 3.97. The molecule has 88 valence electrons. The van der Waals surface area contributed by atoms with E-state index in [1.807, 2.05) is 12.1 Å². The molecule has 0 radical (unpaired) electrons. The number of hydrogen-bond donors (Lipinski definition) is 2. The second-order valence-corrected chi connectivity index (χ2v) is 5.07. The van der Waals surface area contributed by atoms with Crippen LogP contribution in [0.2, 0.25) is 0 Å². The topological polar surface area (TPSA) is 38.0 Å². The number of nitrogen functional groups attached to an aromatic ring is 1. The minimum absolute atomic E-state index is 0.834. The first-order chi connectivity index (χ1) is 7.68. The van der Waals surface area contributed by atoms with E-state index in [0.29, 0.717) is 0 Å². The van der Waals surface area contributed by atoms with Gasteiger partial charge in [0.25, 0.3) is 0 Å². The van der Waals surface area contributed by atoms with E-state index >= 15 is 0 Å². The lowest BCUT2D eigenvalue weighted by Gasteiger charge is -2.18. The van der Waals surface area contributed by atoms with Gasteiger partial charge in [0.15, 0.2) is 0 Å². The van der Waals surface area contributed by atoms with Crippen LogP contribution in [0.4, 0.5) is 11.4 Å². The summed E-state index contributed by atoms with van der Waals surface area (Å²) >= 11 is 0. The van der Waals surface area contributed by atoms with E-state index in [9.17, 15) is 0 Å². The van der Waals surface area contributed by atoms with Gasteiger partial charge in [0, 0.05) is 17.9 Å². The van der Waals surface area contributed by atoms with Crippen molar-refractivity contribution in [1.82, 2.24) is 0 Å². The summed E-state index contributed by atoms with van der Waals surface area (Å²) in [5.74, 6) is 1.70. The van der Waals surface area contributed by atoms with Gasteiger partial charge < -0.3 is 11.1 Å². The Morgan fingerprint density at radius 3 is 2.88 bits per heavy atom. The molecule has 0 saturated heterocycles. The Morgan fingerprint density at radius 2 is 2.19 bits per heavy atom. The monoisotopic (exact) mass is 218 g/mol. The summed E-state index contributed by atoms with van der Waals surface area (Å²) in [6.07, 6.45) is 4.15. The van der Waals surface area contributed by atoms with Crippen molar-refractivity contribution in [3.8, 4) is 0 Å². The molecule has 0 heterocycles. The molecule has 0 amide bonds. The van der Waals surface area contributed by atoms with Crippen molar-refractivity contribution in [1.29, 1.82) is 0 Å². The molecule has 3 N–H and O–H groups in total. The molecule has 2 atom stereocenters. The molecule has 16 heavy (non-hydrogen) atoms. The normalized spacial score (nSPS) is 24.6. The number of rotatable bonds is 3. The van der Waals surface area contributed by atoms with Gasteiger partial charge in [-0.15, -0.1) is 0 Å². The molecular formula is C14H22N2. The van der Waals surface area contributed by atoms with Crippen LogP contribution in [0.5, 0.6) is 0 Å². The van der Waals surface area contributed by atoms with Crippen LogP contribution in [0.3, 0.4) is 0 Å². The highest BCUT2D eigenvalue weighted by Gasteiger charge is 2.22. The smallest absolute Gasteiger partial charge is 0.0390 e. The molecular weight excluding hydrogens is 196 g/mol. The van der Waals surface area contributed by atoms with Crippen LogP contribution in [-0.4, -0.2) is 6.54 Å². The molecule has 1 aliphatic carbocycles. The van der Waals surface area contributed by atoms with E-state index in [1.165, 1.54) is 30.5 Å². The van der Waals surface area contributed by atoms with E-state index < -0.39 is 0 Å². The molecule has 0 spiro atoms. The number of benzene rings is 1. The third-order valence-corrected chi connectivity index (χ3v) is 3.97. The molecule has 2 nitrogen and oxygen atoms in total. The second-order valence-electron chi connectivity index (χ2n) is 5.07. The fourth-order valence-corrected chi connectivity index (χ4v) is 2.61. The molecule has 1 aliphatic rings. The van der Waals surface area contributed by atoms with Crippen molar-refractivity contribution in [2.45, 2.75) is 33.1 Å². The van der Waals surface area contributed by atoms with Gasteiger partial charge in [0.1, 0.15) is 0 Å². The van der Waals surface area contributed by atoms with Crippen molar-refractivity contribution < 1.29 is 0 Å². The highest BCUT2D eigenvalue weighted by atomic mass is 14.9. The Hall–Kier alpha value is -1.18. The highest BCUT2D eigenvalue weighted by molar-refractivity contribution is 5.62. The lowest BCUT2D eigenvalue weighted by Crippen LogP contribution is -2.17. The van der Waals surface area contributed by atoms with Gasteiger partial charge in [0.05, 0.1) is 0 Å². The molecule has 1 fully saturated rings. The first-order valence-corrected chi connectivity index (χ1v) is 6.27. The van der Waals surface area contributed by atoms with Crippen LogP contribution in [0.1, 0.15) is 31.7 Å². The SMILES string of the molecule is Cc1c(N)cccc1NCC1CCCC1C. The van der Waals surface area contributed by atoms with E-state index in [4.69, 9.17) is 5.73 Å². The van der Waals surface area contributed by atoms with Crippen molar-refractivity contribution in [3.63, 3.8) is 0 Å². The van der Waals surface area contributed by atoms with Gasteiger partial charge in [-0.1, -0.05) is 25.8 Å². The maximum absolute atomic E-state index is 5.89. The summed E-state index contributed by atoms with van der Waals surface area (Å²) in [6, 6.07) is 6.09. The zero-order valence-electron chi connectivity index (χ0n) is 10.3. The zero-order valence-corrected chi connectivity index (χ0v) is 10.3. The van der Waals surface area contributed by atoms with Gasteiger partial charge in [-0.05, 0) is 42.9 Å². The molecule has 0 bridgehead atoms. The standard InChI is InChI=1S/C14H22N2/c1-10-5-3-6-12(10)9-16-14-8-4-7-13(15)11(14)2/h4,7-8,10,12,16H,3,5-6,9,15H2,1-2H3. The Kier molecular flexibility index (Phi) is 3.37. The number of anilines is 2. The minimum atomic E-state index is 0.834. The summed E-state index contributed by atoms with van der Waals surface area (Å²) in [5.41, 5.74) is 9.14. The summed E-state index contributed by atoms with van der Waals surface area (Å²) < 4.78 is 0. The average molecular weight is 218 g/mol. The Balaban J connectivity index is 1.96. The molecule has 2 unspecified atom stereocenters. The molecule has 0 aromatic heterocycles. The van der Waals surface area contributed by atoms with Crippen molar-refractivity contribution >= 4 is 11.4 Å². The van der Waals surface area contributed by atoms with Gasteiger partial charge >= 0.3 is 0 Å². The summed E-state index contributed by atoms with van der Waals surface area (Å²) in [6.45, 7) is 5.53. The summed E-state index contributed by atoms with van der Waals surface area (Å²) in [7, 11) is 0. The molecule has 1 aromatic rings. The van der Waals surface area contributed by atoms with Gasteiger partial charge in [-0.3, -0.25) is 0 Å². The predicted octanol–water partition coefficient (Wildman–Crippen LogP) is 3.43. The van der Waals surface area contributed by atoms with Crippen LogP contribution >= 0.6 is 0 Å². The fourth-order valence-electron chi connectivity index (χ4n) is 2.61. The van der Waals surface area contributed by atoms with E-state index in [1.54, 1.807) is 0 Å². The number of hydrogen-bond acceptors (Lipinski definition) is 2. The Labute approximate surface area is 98.2 Å². The van der Waals surface area contributed by atoms with E-state index in [2.05, 4.69) is 25.2 Å². The quantitative estimate of drug-likeness (QED) is 0.763. The number of nitrogens with two attached hydrogens (primary N) is 1. The second kappa shape index (κ2) is 4.77. The number of nitrogens with one attached hydrogen (secondary N) is 1. The van der Waals surface area contributed by atoms with Crippen LogP contribution in [-0.2, 0) is 0 Å². The first-order valence-electron chi connectivity index (χ1n) is 6.27. The average Bonchev–Trinajstić information content (AvgIpc) is 2.67. The van der Waals surface area contributed by atoms with E-state index in [-0.39, 0.29) is 0 Å². The largest absolute Gasteiger partial charge is 0.398 e. The highest BCUT2D eigenvalue weighted by Crippen LogP contribution is 2.31. The lowest BCUT2D eigenvalue weighted by molar-refractivity contribution is 0.439. The molecule has 0 aliphatic heterocycles. The van der Waals surface area contributed by atoms with Gasteiger partial charge in [-0.25, -0.2) is 0 Å². The zero-order chi connectivity index (χ0) is 11.5. The summed E-state index contributed by atoms with van der Waals surface area (Å²) in [4.78, 5) is 0. The van der Waals surface area contributed by atoms with Crippen LogP contribution < -0.4 is 11.1 Å². The lowest BCUT2D eigenvalue weighted by atomic mass is 9.98. The van der Waals surface area contributed by atoms with E-state index in [0.717, 1.165) is 24.1 Å². The fraction of sp³-hybridized carbons (Fsp3) is 0.571.